The lowest BCUT2D eigenvalue weighted by molar-refractivity contribution is -0.125. The Kier molecular flexibility index (Phi) is 3.10. The second kappa shape index (κ2) is 4.35. The summed E-state index contributed by atoms with van der Waals surface area (Å²) in [5, 5.41) is 3.29. The maximum atomic E-state index is 12.3. The number of allylic oxidation sites excluding steroid dienone is 1. The van der Waals surface area contributed by atoms with Gasteiger partial charge >= 0.3 is 0 Å². The van der Waals surface area contributed by atoms with Crippen LogP contribution in [-0.4, -0.2) is 25.5 Å². The van der Waals surface area contributed by atoms with Gasteiger partial charge in [-0.15, -0.1) is 0 Å². The largest absolute Gasteiger partial charge is 0.501 e. The Bertz CT molecular complexity index is 277. The summed E-state index contributed by atoms with van der Waals surface area (Å²) in [4.78, 5) is 12.3. The van der Waals surface area contributed by atoms with E-state index >= 15 is 0 Å². The average Bonchev–Trinajstić information content (AvgIpc) is 2.30. The number of hydrogen-bond acceptors (Lipinski definition) is 3. The van der Waals surface area contributed by atoms with Crippen molar-refractivity contribution in [2.75, 3.05) is 19.7 Å². The average molecular weight is 209 g/mol. The zero-order valence-corrected chi connectivity index (χ0v) is 9.34. The number of ether oxygens (including phenoxy) is 1. The Morgan fingerprint density at radius 3 is 2.80 bits per heavy atom. The quantitative estimate of drug-likeness (QED) is 0.751. The minimum Gasteiger partial charge on any atom is -0.501 e. The molecule has 2 heterocycles. The van der Waals surface area contributed by atoms with E-state index < -0.39 is 0 Å². The van der Waals surface area contributed by atoms with Crippen molar-refractivity contribution in [1.82, 2.24) is 5.32 Å². The highest BCUT2D eigenvalue weighted by atomic mass is 16.5. The van der Waals surface area contributed by atoms with Crippen LogP contribution >= 0.6 is 0 Å². The summed E-state index contributed by atoms with van der Waals surface area (Å²) in [5.41, 5.74) is 0.739. The van der Waals surface area contributed by atoms with Crippen molar-refractivity contribution in [1.29, 1.82) is 0 Å². The molecular weight excluding hydrogens is 190 g/mol. The number of piperidine rings is 1. The lowest BCUT2D eigenvalue weighted by Gasteiger charge is -2.33. The first-order chi connectivity index (χ1) is 7.22. The van der Waals surface area contributed by atoms with Gasteiger partial charge in [0, 0.05) is 11.0 Å². The van der Waals surface area contributed by atoms with Gasteiger partial charge in [-0.05, 0) is 38.8 Å². The van der Waals surface area contributed by atoms with E-state index in [-0.39, 0.29) is 5.41 Å². The molecule has 2 aliphatic heterocycles. The van der Waals surface area contributed by atoms with Gasteiger partial charge in [0.25, 0.3) is 0 Å². The first-order valence-electron chi connectivity index (χ1n) is 5.78. The summed E-state index contributed by atoms with van der Waals surface area (Å²) in [7, 11) is 0. The van der Waals surface area contributed by atoms with E-state index in [4.69, 9.17) is 4.74 Å². The number of nitrogens with one attached hydrogen (secondary N) is 1. The number of carbonyl (C=O) groups excluding carboxylic acids is 1. The molecule has 3 heteroatoms. The number of Topliss-reactive ketones (excluding diaryl/α,β-unsaturated/α-hetero) is 1. The number of ketones is 1. The van der Waals surface area contributed by atoms with Crippen LogP contribution < -0.4 is 5.32 Å². The molecule has 1 saturated heterocycles. The molecule has 0 saturated carbocycles. The molecule has 0 aromatic carbocycles. The molecule has 1 N–H and O–H groups in total. The van der Waals surface area contributed by atoms with Crippen molar-refractivity contribution >= 4 is 5.78 Å². The molecule has 3 nitrogen and oxygen atoms in total. The van der Waals surface area contributed by atoms with Crippen molar-refractivity contribution in [2.24, 2.45) is 5.41 Å². The number of hydrogen-bond donors (Lipinski definition) is 1. The topological polar surface area (TPSA) is 38.3 Å². The molecule has 0 unspecified atom stereocenters. The van der Waals surface area contributed by atoms with Gasteiger partial charge in [-0.1, -0.05) is 6.92 Å². The zero-order chi connectivity index (χ0) is 10.7. The standard InChI is InChI=1S/C12H19NO2/c1-12(4-6-13-7-5-12)11(14)10-3-2-8-15-9-10/h9,13H,2-8H2,1H3. The highest BCUT2D eigenvalue weighted by molar-refractivity contribution is 5.99. The molecule has 0 radical (unpaired) electrons. The van der Waals surface area contributed by atoms with Crippen molar-refractivity contribution in [2.45, 2.75) is 32.6 Å². The predicted octanol–water partition coefficient (Wildman–Crippen LogP) is 1.64. The molecule has 0 aromatic heterocycles. The van der Waals surface area contributed by atoms with Crippen molar-refractivity contribution in [3.8, 4) is 0 Å². The molecule has 0 aromatic rings. The Labute approximate surface area is 90.9 Å². The summed E-state index contributed by atoms with van der Waals surface area (Å²) >= 11 is 0. The first-order valence-corrected chi connectivity index (χ1v) is 5.78. The molecule has 0 atom stereocenters. The van der Waals surface area contributed by atoms with Crippen molar-refractivity contribution < 1.29 is 9.53 Å². The third-order valence-corrected chi connectivity index (χ3v) is 3.48. The van der Waals surface area contributed by atoms with Gasteiger partial charge in [0.2, 0.25) is 0 Å². The fourth-order valence-corrected chi connectivity index (χ4v) is 2.32. The second-order valence-electron chi connectivity index (χ2n) is 4.76. The van der Waals surface area contributed by atoms with Gasteiger partial charge in [-0.2, -0.15) is 0 Å². The van der Waals surface area contributed by atoms with Crippen LogP contribution in [0.3, 0.4) is 0 Å². The van der Waals surface area contributed by atoms with Crippen molar-refractivity contribution in [3.05, 3.63) is 11.8 Å². The monoisotopic (exact) mass is 209 g/mol. The Hall–Kier alpha value is -0.830. The van der Waals surface area contributed by atoms with Crippen LogP contribution in [0, 0.1) is 5.41 Å². The van der Waals surface area contributed by atoms with Crippen LogP contribution in [-0.2, 0) is 9.53 Å². The van der Waals surface area contributed by atoms with Crippen molar-refractivity contribution in [3.63, 3.8) is 0 Å². The highest BCUT2D eigenvalue weighted by Crippen LogP contribution is 2.33. The molecule has 0 aliphatic carbocycles. The van der Waals surface area contributed by atoms with E-state index in [1.165, 1.54) is 0 Å². The summed E-state index contributed by atoms with van der Waals surface area (Å²) in [5.74, 6) is 0.309. The maximum absolute atomic E-state index is 12.3. The van der Waals surface area contributed by atoms with Crippen LogP contribution in [0.25, 0.3) is 0 Å². The molecule has 15 heavy (non-hydrogen) atoms. The van der Waals surface area contributed by atoms with Crippen LogP contribution in [0.15, 0.2) is 11.8 Å². The fourth-order valence-electron chi connectivity index (χ4n) is 2.32. The molecule has 0 bridgehead atoms. The summed E-state index contributed by atoms with van der Waals surface area (Å²) < 4.78 is 5.24. The van der Waals surface area contributed by atoms with E-state index in [0.717, 1.165) is 51.0 Å². The highest BCUT2D eigenvalue weighted by Gasteiger charge is 2.36. The fraction of sp³-hybridized carbons (Fsp3) is 0.750. The van der Waals surface area contributed by atoms with Crippen LogP contribution in [0.5, 0.6) is 0 Å². The van der Waals surface area contributed by atoms with Crippen LogP contribution in [0.1, 0.15) is 32.6 Å². The van der Waals surface area contributed by atoms with Gasteiger partial charge in [0.1, 0.15) is 0 Å². The molecule has 84 valence electrons. The predicted molar refractivity (Wildman–Crippen MR) is 58.5 cm³/mol. The number of carbonyl (C=O) groups is 1. The third-order valence-electron chi connectivity index (χ3n) is 3.48. The van der Waals surface area contributed by atoms with E-state index in [1.54, 1.807) is 6.26 Å². The van der Waals surface area contributed by atoms with E-state index in [2.05, 4.69) is 12.2 Å². The molecule has 0 amide bonds. The minimum atomic E-state index is -0.155. The third kappa shape index (κ3) is 2.23. The van der Waals surface area contributed by atoms with Crippen LogP contribution in [0.2, 0.25) is 0 Å². The maximum Gasteiger partial charge on any atom is 0.167 e. The SMILES string of the molecule is CC1(C(=O)C2=COCCC2)CCNCC1. The van der Waals surface area contributed by atoms with Gasteiger partial charge in [-0.25, -0.2) is 0 Å². The molecule has 1 fully saturated rings. The van der Waals surface area contributed by atoms with Gasteiger partial charge in [0.05, 0.1) is 12.9 Å². The Morgan fingerprint density at radius 1 is 1.47 bits per heavy atom. The summed E-state index contributed by atoms with van der Waals surface area (Å²) in [6.07, 6.45) is 5.44. The Balaban J connectivity index is 2.08. The van der Waals surface area contributed by atoms with E-state index in [1.807, 2.05) is 0 Å². The van der Waals surface area contributed by atoms with Gasteiger partial charge in [0.15, 0.2) is 5.78 Å². The Morgan fingerprint density at radius 2 is 2.20 bits per heavy atom. The van der Waals surface area contributed by atoms with Crippen LogP contribution in [0.4, 0.5) is 0 Å². The van der Waals surface area contributed by atoms with E-state index in [9.17, 15) is 4.79 Å². The first kappa shape index (κ1) is 10.7. The molecular formula is C12H19NO2. The zero-order valence-electron chi connectivity index (χ0n) is 9.34. The smallest absolute Gasteiger partial charge is 0.167 e. The lowest BCUT2D eigenvalue weighted by atomic mass is 9.74. The molecule has 0 spiro atoms. The summed E-state index contributed by atoms with van der Waals surface area (Å²) in [6, 6.07) is 0. The lowest BCUT2D eigenvalue weighted by Crippen LogP contribution is -2.41. The number of rotatable bonds is 2. The molecule has 2 rings (SSSR count). The van der Waals surface area contributed by atoms with Gasteiger partial charge < -0.3 is 10.1 Å². The molecule has 2 aliphatic rings. The summed E-state index contributed by atoms with van der Waals surface area (Å²) in [6.45, 7) is 4.76. The van der Waals surface area contributed by atoms with E-state index in [0.29, 0.717) is 5.78 Å². The normalized spacial score (nSPS) is 25.3. The second-order valence-corrected chi connectivity index (χ2v) is 4.76. The van der Waals surface area contributed by atoms with Gasteiger partial charge in [-0.3, -0.25) is 4.79 Å². The minimum absolute atomic E-state index is 0.155.